The third kappa shape index (κ3) is 5.64. The number of hydrogen-bond donors (Lipinski definition) is 1. The fraction of sp³-hybridized carbons (Fsp3) is 0.364. The van der Waals surface area contributed by atoms with E-state index in [1.807, 2.05) is 32.0 Å². The van der Waals surface area contributed by atoms with Crippen molar-refractivity contribution in [2.24, 2.45) is 0 Å². The molecule has 0 fully saturated rings. The average Bonchev–Trinajstić information content (AvgIpc) is 3.31. The quantitative estimate of drug-likeness (QED) is 0.444. The fourth-order valence-corrected chi connectivity index (χ4v) is 3.27. The normalized spacial score (nSPS) is 11.6. The Bertz CT molecular complexity index is 1110. The van der Waals surface area contributed by atoms with E-state index in [4.69, 9.17) is 20.8 Å². The molecule has 0 aliphatic carbocycles. The van der Waals surface area contributed by atoms with Gasteiger partial charge in [0.15, 0.2) is 11.5 Å². The van der Waals surface area contributed by atoms with Crippen molar-refractivity contribution in [1.29, 1.82) is 0 Å². The van der Waals surface area contributed by atoms with Crippen LogP contribution in [0.5, 0.6) is 5.75 Å². The van der Waals surface area contributed by atoms with Gasteiger partial charge in [0, 0.05) is 13.1 Å². The van der Waals surface area contributed by atoms with Gasteiger partial charge in [-0.2, -0.15) is 18.3 Å². The summed E-state index contributed by atoms with van der Waals surface area (Å²) >= 11 is 5.73. The van der Waals surface area contributed by atoms with Crippen molar-refractivity contribution in [2.75, 3.05) is 6.54 Å². The van der Waals surface area contributed by atoms with Crippen LogP contribution in [0.4, 0.5) is 13.2 Å². The van der Waals surface area contributed by atoms with Crippen molar-refractivity contribution < 1.29 is 27.1 Å². The highest BCUT2D eigenvalue weighted by Gasteiger charge is 2.38. The van der Waals surface area contributed by atoms with E-state index in [1.165, 1.54) is 11.6 Å². The molecular weight excluding hydrogens is 447 g/mol. The van der Waals surface area contributed by atoms with Gasteiger partial charge in [-0.05, 0) is 56.5 Å². The zero-order valence-electron chi connectivity index (χ0n) is 17.8. The Morgan fingerprint density at radius 1 is 1.22 bits per heavy atom. The number of aromatic nitrogens is 2. The Kier molecular flexibility index (Phi) is 7.18. The number of ether oxygens (including phenoxy) is 1. The summed E-state index contributed by atoms with van der Waals surface area (Å²) in [6.45, 7) is 5.96. The maximum absolute atomic E-state index is 12.9. The fourth-order valence-electron chi connectivity index (χ4n) is 3.03. The smallest absolute Gasteiger partial charge is 0.436 e. The summed E-state index contributed by atoms with van der Waals surface area (Å²) in [5.74, 6) is 0.948. The van der Waals surface area contributed by atoms with E-state index >= 15 is 0 Å². The molecule has 0 saturated carbocycles. The lowest BCUT2D eigenvalue weighted by Gasteiger charge is -2.08. The molecule has 0 unspecified atom stereocenters. The number of nitrogens with one attached hydrogen (secondary N) is 1. The van der Waals surface area contributed by atoms with Crippen molar-refractivity contribution in [3.63, 3.8) is 0 Å². The highest BCUT2D eigenvalue weighted by molar-refractivity contribution is 6.31. The summed E-state index contributed by atoms with van der Waals surface area (Å²) in [5.41, 5.74) is 1.19. The van der Waals surface area contributed by atoms with Crippen LogP contribution in [0.2, 0.25) is 5.02 Å². The van der Waals surface area contributed by atoms with Gasteiger partial charge >= 0.3 is 6.18 Å². The summed E-state index contributed by atoms with van der Waals surface area (Å²) in [4.78, 5) is 12.3. The number of nitrogens with zero attached hydrogens (tertiary/aromatic N) is 2. The minimum atomic E-state index is -4.61. The van der Waals surface area contributed by atoms with Crippen LogP contribution < -0.4 is 10.1 Å². The second-order valence-corrected chi connectivity index (χ2v) is 7.78. The van der Waals surface area contributed by atoms with Crippen LogP contribution in [0.25, 0.3) is 0 Å². The van der Waals surface area contributed by atoms with Gasteiger partial charge in [0.05, 0.1) is 10.7 Å². The van der Waals surface area contributed by atoms with Gasteiger partial charge in [0.25, 0.3) is 5.91 Å². The zero-order chi connectivity index (χ0) is 23.5. The lowest BCUT2D eigenvalue weighted by atomic mass is 10.1. The molecule has 0 radical (unpaired) electrons. The molecule has 6 nitrogen and oxygen atoms in total. The van der Waals surface area contributed by atoms with Crippen LogP contribution >= 0.6 is 11.6 Å². The second-order valence-electron chi connectivity index (χ2n) is 7.40. The maximum atomic E-state index is 12.9. The van der Waals surface area contributed by atoms with Gasteiger partial charge < -0.3 is 14.5 Å². The first-order chi connectivity index (χ1) is 15.1. The van der Waals surface area contributed by atoms with Crippen molar-refractivity contribution >= 4 is 17.5 Å². The molecule has 0 spiro atoms. The molecule has 3 rings (SSSR count). The highest BCUT2D eigenvalue weighted by atomic mass is 35.5. The number of carbonyl (C=O) groups excluding carboxylic acids is 1. The highest BCUT2D eigenvalue weighted by Crippen LogP contribution is 2.35. The van der Waals surface area contributed by atoms with Crippen molar-refractivity contribution in [3.05, 3.63) is 69.4 Å². The minimum Gasteiger partial charge on any atom is -0.485 e. The van der Waals surface area contributed by atoms with E-state index in [0.717, 1.165) is 16.9 Å². The topological polar surface area (TPSA) is 69.3 Å². The third-order valence-corrected chi connectivity index (χ3v) is 5.29. The summed E-state index contributed by atoms with van der Waals surface area (Å²) in [5, 5.41) is 5.80. The van der Waals surface area contributed by atoms with Crippen LogP contribution in [0.3, 0.4) is 0 Å². The molecule has 172 valence electrons. The predicted octanol–water partition coefficient (Wildman–Crippen LogP) is 5.47. The first-order valence-electron chi connectivity index (χ1n) is 9.93. The Hall–Kier alpha value is -2.94. The molecular formula is C22H23ClF3N3O3. The van der Waals surface area contributed by atoms with E-state index < -0.39 is 22.8 Å². The van der Waals surface area contributed by atoms with Crippen LogP contribution in [-0.2, 0) is 19.3 Å². The number of halogens is 4. The summed E-state index contributed by atoms with van der Waals surface area (Å²) in [6, 6.07) is 9.10. The molecule has 0 bridgehead atoms. The Morgan fingerprint density at radius 2 is 1.97 bits per heavy atom. The van der Waals surface area contributed by atoms with E-state index in [0.29, 0.717) is 12.2 Å². The van der Waals surface area contributed by atoms with E-state index in [2.05, 4.69) is 10.4 Å². The molecule has 0 saturated heterocycles. The number of carbonyl (C=O) groups is 1. The largest absolute Gasteiger partial charge is 0.485 e. The molecule has 1 N–H and O–H groups in total. The Balaban J connectivity index is 1.48. The molecule has 2 aromatic heterocycles. The van der Waals surface area contributed by atoms with Gasteiger partial charge in [-0.25, -0.2) is 0 Å². The number of aryl methyl sites for hydroxylation is 3. The lowest BCUT2D eigenvalue weighted by Crippen LogP contribution is -2.25. The Morgan fingerprint density at radius 3 is 2.66 bits per heavy atom. The predicted molar refractivity (Wildman–Crippen MR) is 113 cm³/mol. The van der Waals surface area contributed by atoms with Gasteiger partial charge in [-0.1, -0.05) is 23.7 Å². The van der Waals surface area contributed by atoms with Crippen LogP contribution in [-0.4, -0.2) is 22.2 Å². The average molecular weight is 470 g/mol. The first-order valence-corrected chi connectivity index (χ1v) is 10.3. The number of alkyl halides is 3. The van der Waals surface area contributed by atoms with Gasteiger partial charge in [-0.15, -0.1) is 0 Å². The molecule has 1 amide bonds. The first kappa shape index (κ1) is 23.7. The van der Waals surface area contributed by atoms with Gasteiger partial charge in [-0.3, -0.25) is 9.48 Å². The minimum absolute atomic E-state index is 0.127. The molecule has 2 heterocycles. The number of benzene rings is 1. The number of furan rings is 1. The molecule has 32 heavy (non-hydrogen) atoms. The Labute approximate surface area is 188 Å². The van der Waals surface area contributed by atoms with Gasteiger partial charge in [0.1, 0.15) is 18.1 Å². The van der Waals surface area contributed by atoms with Crippen molar-refractivity contribution in [1.82, 2.24) is 15.1 Å². The van der Waals surface area contributed by atoms with E-state index in [9.17, 15) is 18.0 Å². The van der Waals surface area contributed by atoms with Crippen LogP contribution in [0, 0.1) is 20.8 Å². The zero-order valence-corrected chi connectivity index (χ0v) is 18.6. The van der Waals surface area contributed by atoms with Gasteiger partial charge in [0.2, 0.25) is 0 Å². The van der Waals surface area contributed by atoms with Crippen LogP contribution in [0.1, 0.15) is 45.3 Å². The number of rotatable bonds is 8. The van der Waals surface area contributed by atoms with E-state index in [1.54, 1.807) is 12.1 Å². The molecule has 3 aromatic rings. The monoisotopic (exact) mass is 469 g/mol. The molecule has 10 heteroatoms. The third-order valence-electron chi connectivity index (χ3n) is 4.83. The summed E-state index contributed by atoms with van der Waals surface area (Å²) in [7, 11) is 0. The standard InChI is InChI=1S/C22H23ClF3N3O3/c1-13-5-6-14(2)18(11-13)31-12-16-7-8-17(32-16)21(30)27-9-4-10-29-15(3)19(23)20(28-29)22(24,25)26/h5-8,11H,4,9-10,12H2,1-3H3,(H,27,30). The molecule has 0 aliphatic rings. The number of amides is 1. The molecule has 0 aliphatic heterocycles. The summed E-state index contributed by atoms with van der Waals surface area (Å²) in [6.07, 6.45) is -4.24. The van der Waals surface area contributed by atoms with Crippen molar-refractivity contribution in [3.8, 4) is 5.75 Å². The second kappa shape index (κ2) is 9.68. The lowest BCUT2D eigenvalue weighted by molar-refractivity contribution is -0.141. The summed E-state index contributed by atoms with van der Waals surface area (Å²) < 4.78 is 51.1. The maximum Gasteiger partial charge on any atom is 0.436 e. The molecule has 0 atom stereocenters. The number of hydrogen-bond acceptors (Lipinski definition) is 4. The SMILES string of the molecule is Cc1ccc(C)c(OCc2ccc(C(=O)NCCCn3nc(C(F)(F)F)c(Cl)c3C)o2)c1. The molecule has 1 aromatic carbocycles. The van der Waals surface area contributed by atoms with Crippen LogP contribution in [0.15, 0.2) is 34.7 Å². The van der Waals surface area contributed by atoms with Crippen molar-refractivity contribution in [2.45, 2.75) is 46.5 Å². The van der Waals surface area contributed by atoms with E-state index in [-0.39, 0.29) is 31.2 Å².